The van der Waals surface area contributed by atoms with E-state index in [9.17, 15) is 9.18 Å². The van der Waals surface area contributed by atoms with Crippen molar-refractivity contribution >= 4 is 23.2 Å². The zero-order chi connectivity index (χ0) is 16.7. The van der Waals surface area contributed by atoms with Gasteiger partial charge in [0.05, 0.1) is 10.7 Å². The van der Waals surface area contributed by atoms with Crippen molar-refractivity contribution in [2.75, 3.05) is 6.61 Å². The Morgan fingerprint density at radius 2 is 1.91 bits per heavy atom. The number of hydrazone groups is 1. The van der Waals surface area contributed by atoms with E-state index in [0.29, 0.717) is 22.9 Å². The Hall–Kier alpha value is -2.40. The third-order valence-corrected chi connectivity index (χ3v) is 3.34. The highest BCUT2D eigenvalue weighted by Crippen LogP contribution is 2.22. The Bertz CT molecular complexity index is 702. The van der Waals surface area contributed by atoms with Gasteiger partial charge >= 0.3 is 0 Å². The minimum atomic E-state index is -0.405. The number of para-hydroxylation sites is 1. The highest BCUT2D eigenvalue weighted by molar-refractivity contribution is 6.32. The first-order valence-electron chi connectivity index (χ1n) is 7.09. The molecule has 0 aliphatic rings. The number of halogens is 2. The van der Waals surface area contributed by atoms with Crippen molar-refractivity contribution < 1.29 is 13.9 Å². The number of ether oxygens (including phenoxy) is 1. The number of rotatable bonds is 6. The summed E-state index contributed by atoms with van der Waals surface area (Å²) in [5, 5.41) is 4.49. The van der Waals surface area contributed by atoms with E-state index in [1.54, 1.807) is 36.4 Å². The van der Waals surface area contributed by atoms with Crippen molar-refractivity contribution in [3.8, 4) is 5.75 Å². The molecule has 0 saturated heterocycles. The monoisotopic (exact) mass is 334 g/mol. The van der Waals surface area contributed by atoms with Gasteiger partial charge in [0.1, 0.15) is 11.6 Å². The predicted molar refractivity (Wildman–Crippen MR) is 88.3 cm³/mol. The van der Waals surface area contributed by atoms with Gasteiger partial charge in [0, 0.05) is 0 Å². The van der Waals surface area contributed by atoms with Gasteiger partial charge in [-0.3, -0.25) is 4.79 Å². The summed E-state index contributed by atoms with van der Waals surface area (Å²) in [4.78, 5) is 11.8. The first-order valence-corrected chi connectivity index (χ1v) is 7.46. The fraction of sp³-hybridized carbons (Fsp3) is 0.176. The van der Waals surface area contributed by atoms with E-state index >= 15 is 0 Å². The summed E-state index contributed by atoms with van der Waals surface area (Å²) < 4.78 is 18.2. The molecule has 2 aromatic carbocycles. The number of hydrogen-bond acceptors (Lipinski definition) is 3. The summed E-state index contributed by atoms with van der Waals surface area (Å²) >= 11 is 5.94. The molecule has 1 N–H and O–H groups in total. The molecule has 0 aliphatic heterocycles. The summed E-state index contributed by atoms with van der Waals surface area (Å²) in [5.74, 6) is -0.290. The summed E-state index contributed by atoms with van der Waals surface area (Å²) in [6, 6.07) is 12.8. The second-order valence-electron chi connectivity index (χ2n) is 4.67. The molecule has 0 heterocycles. The van der Waals surface area contributed by atoms with E-state index in [0.717, 1.165) is 5.56 Å². The van der Waals surface area contributed by atoms with Gasteiger partial charge < -0.3 is 4.74 Å². The van der Waals surface area contributed by atoms with Crippen molar-refractivity contribution in [2.24, 2.45) is 5.10 Å². The number of carbonyl (C=O) groups excluding carboxylic acids is 1. The fourth-order valence-electron chi connectivity index (χ4n) is 1.86. The standard InChI is InChI=1S/C17H16ClFN2O2/c1-2-15(12-7-9-13(19)10-8-12)20-21-17(22)11-23-16-6-4-3-5-14(16)18/h3-10H,2,11H2,1H3,(H,21,22)/b20-15+. The molecule has 1 amide bonds. The molecule has 2 aromatic rings. The zero-order valence-corrected chi connectivity index (χ0v) is 13.3. The van der Waals surface area contributed by atoms with Crippen LogP contribution in [0.3, 0.4) is 0 Å². The molecule has 0 unspecified atom stereocenters. The second kappa shape index (κ2) is 8.29. The highest BCUT2D eigenvalue weighted by Gasteiger charge is 2.06. The Kier molecular flexibility index (Phi) is 6.11. The molecule has 0 bridgehead atoms. The maximum Gasteiger partial charge on any atom is 0.277 e. The van der Waals surface area contributed by atoms with E-state index < -0.39 is 5.91 Å². The molecule has 0 aliphatic carbocycles. The topological polar surface area (TPSA) is 50.7 Å². The average Bonchev–Trinajstić information content (AvgIpc) is 2.56. The van der Waals surface area contributed by atoms with Gasteiger partial charge in [0.2, 0.25) is 0 Å². The average molecular weight is 335 g/mol. The van der Waals surface area contributed by atoms with Crippen LogP contribution in [0.5, 0.6) is 5.75 Å². The fourth-order valence-corrected chi connectivity index (χ4v) is 2.05. The first kappa shape index (κ1) is 17.0. The van der Waals surface area contributed by atoms with E-state index in [2.05, 4.69) is 10.5 Å². The van der Waals surface area contributed by atoms with Crippen LogP contribution in [0, 0.1) is 5.82 Å². The number of benzene rings is 2. The molecular weight excluding hydrogens is 319 g/mol. The summed E-state index contributed by atoms with van der Waals surface area (Å²) in [7, 11) is 0. The van der Waals surface area contributed by atoms with Crippen LogP contribution >= 0.6 is 11.6 Å². The van der Waals surface area contributed by atoms with Crippen LogP contribution in [0.4, 0.5) is 4.39 Å². The van der Waals surface area contributed by atoms with Crippen molar-refractivity contribution in [3.63, 3.8) is 0 Å². The lowest BCUT2D eigenvalue weighted by atomic mass is 10.1. The number of nitrogens with zero attached hydrogens (tertiary/aromatic N) is 1. The van der Waals surface area contributed by atoms with Gasteiger partial charge in [-0.15, -0.1) is 0 Å². The maximum atomic E-state index is 12.9. The molecule has 4 nitrogen and oxygen atoms in total. The van der Waals surface area contributed by atoms with Gasteiger partial charge in [-0.1, -0.05) is 42.8 Å². The molecule has 0 saturated carbocycles. The van der Waals surface area contributed by atoms with Crippen LogP contribution < -0.4 is 10.2 Å². The number of amides is 1. The van der Waals surface area contributed by atoms with Gasteiger partial charge in [-0.25, -0.2) is 9.82 Å². The van der Waals surface area contributed by atoms with Crippen LogP contribution in [0.1, 0.15) is 18.9 Å². The van der Waals surface area contributed by atoms with Crippen molar-refractivity contribution in [1.29, 1.82) is 0 Å². The zero-order valence-electron chi connectivity index (χ0n) is 12.6. The molecule has 0 spiro atoms. The Balaban J connectivity index is 1.93. The van der Waals surface area contributed by atoms with Crippen molar-refractivity contribution in [2.45, 2.75) is 13.3 Å². The minimum absolute atomic E-state index is 0.201. The van der Waals surface area contributed by atoms with Crippen molar-refractivity contribution in [3.05, 3.63) is 64.9 Å². The second-order valence-corrected chi connectivity index (χ2v) is 5.08. The Morgan fingerprint density at radius 3 is 2.57 bits per heavy atom. The predicted octanol–water partition coefficient (Wildman–Crippen LogP) is 3.79. The summed E-state index contributed by atoms with van der Waals surface area (Å²) in [6.45, 7) is 1.70. The lowest BCUT2D eigenvalue weighted by Gasteiger charge is -2.08. The van der Waals surface area contributed by atoms with E-state index in [1.807, 2.05) is 6.92 Å². The SMILES string of the molecule is CC/C(=N\NC(=O)COc1ccccc1Cl)c1ccc(F)cc1. The van der Waals surface area contributed by atoms with Gasteiger partial charge in [0.25, 0.3) is 5.91 Å². The smallest absolute Gasteiger partial charge is 0.277 e. The molecule has 0 fully saturated rings. The van der Waals surface area contributed by atoms with Crippen LogP contribution in [0.15, 0.2) is 53.6 Å². The highest BCUT2D eigenvalue weighted by atomic mass is 35.5. The van der Waals surface area contributed by atoms with E-state index in [-0.39, 0.29) is 12.4 Å². The number of hydrogen-bond donors (Lipinski definition) is 1. The lowest BCUT2D eigenvalue weighted by molar-refractivity contribution is -0.123. The molecule has 0 aromatic heterocycles. The Labute approximate surface area is 138 Å². The van der Waals surface area contributed by atoms with Gasteiger partial charge in [0.15, 0.2) is 6.61 Å². The molecule has 0 radical (unpaired) electrons. The largest absolute Gasteiger partial charge is 0.482 e. The number of nitrogens with one attached hydrogen (secondary N) is 1. The quantitative estimate of drug-likeness (QED) is 0.645. The number of carbonyl (C=O) groups is 1. The van der Waals surface area contributed by atoms with Crippen LogP contribution in [-0.2, 0) is 4.79 Å². The van der Waals surface area contributed by atoms with E-state index in [4.69, 9.17) is 16.3 Å². The third kappa shape index (κ3) is 5.07. The van der Waals surface area contributed by atoms with Crippen molar-refractivity contribution in [1.82, 2.24) is 5.43 Å². The van der Waals surface area contributed by atoms with Gasteiger partial charge in [-0.05, 0) is 36.2 Å². The van der Waals surface area contributed by atoms with Crippen LogP contribution in [0.25, 0.3) is 0 Å². The van der Waals surface area contributed by atoms with Crippen LogP contribution in [-0.4, -0.2) is 18.2 Å². The molecule has 6 heteroatoms. The molecule has 23 heavy (non-hydrogen) atoms. The maximum absolute atomic E-state index is 12.9. The molecule has 120 valence electrons. The van der Waals surface area contributed by atoms with E-state index in [1.165, 1.54) is 12.1 Å². The molecule has 0 atom stereocenters. The van der Waals surface area contributed by atoms with Gasteiger partial charge in [-0.2, -0.15) is 5.10 Å². The Morgan fingerprint density at radius 1 is 1.22 bits per heavy atom. The van der Waals surface area contributed by atoms with Crippen LogP contribution in [0.2, 0.25) is 5.02 Å². The molecular formula is C17H16ClFN2O2. The minimum Gasteiger partial charge on any atom is -0.482 e. The summed E-state index contributed by atoms with van der Waals surface area (Å²) in [6.07, 6.45) is 0.595. The first-order chi connectivity index (χ1) is 11.1. The summed E-state index contributed by atoms with van der Waals surface area (Å²) in [5.41, 5.74) is 3.82. The lowest BCUT2D eigenvalue weighted by Crippen LogP contribution is -2.26. The third-order valence-electron chi connectivity index (χ3n) is 3.02. The normalized spacial score (nSPS) is 11.2. The molecule has 2 rings (SSSR count).